The van der Waals surface area contributed by atoms with Crippen LogP contribution in [-0.2, 0) is 13.6 Å². The largest absolute Gasteiger partial charge is 0.488 e. The van der Waals surface area contributed by atoms with Crippen LogP contribution in [0.2, 0.25) is 0 Å². The van der Waals surface area contributed by atoms with Gasteiger partial charge in [0, 0.05) is 32.1 Å². The molecule has 5 heteroatoms. The Labute approximate surface area is 131 Å². The average molecular weight is 301 g/mol. The van der Waals surface area contributed by atoms with Crippen LogP contribution in [0.15, 0.2) is 36.7 Å². The minimum atomic E-state index is -0.249. The van der Waals surface area contributed by atoms with Crippen molar-refractivity contribution in [2.75, 3.05) is 7.05 Å². The van der Waals surface area contributed by atoms with Crippen LogP contribution >= 0.6 is 0 Å². The highest BCUT2D eigenvalue weighted by Gasteiger charge is 2.15. The van der Waals surface area contributed by atoms with Crippen LogP contribution in [0.25, 0.3) is 0 Å². The van der Waals surface area contributed by atoms with E-state index in [0.29, 0.717) is 12.1 Å². The predicted octanol–water partition coefficient (Wildman–Crippen LogP) is 2.87. The van der Waals surface area contributed by atoms with Crippen molar-refractivity contribution in [2.24, 2.45) is 7.05 Å². The number of aryl methyl sites for hydroxylation is 1. The molecule has 1 aromatic carbocycles. The van der Waals surface area contributed by atoms with Gasteiger partial charge in [0.2, 0.25) is 0 Å². The van der Waals surface area contributed by atoms with Gasteiger partial charge in [0.25, 0.3) is 5.91 Å². The van der Waals surface area contributed by atoms with Crippen molar-refractivity contribution in [3.05, 3.63) is 48.0 Å². The number of ether oxygens (including phenoxy) is 1. The third-order valence-corrected chi connectivity index (χ3v) is 3.17. The second-order valence-electron chi connectivity index (χ2n) is 6.35. The number of amides is 1. The molecule has 2 aromatic rings. The molecule has 2 rings (SSSR count). The molecule has 1 aromatic heterocycles. The lowest BCUT2D eigenvalue weighted by Crippen LogP contribution is -2.27. The highest BCUT2D eigenvalue weighted by atomic mass is 16.5. The fourth-order valence-electron chi connectivity index (χ4n) is 2.07. The van der Waals surface area contributed by atoms with Crippen molar-refractivity contribution in [3.63, 3.8) is 0 Å². The quantitative estimate of drug-likeness (QED) is 0.872. The lowest BCUT2D eigenvalue weighted by Gasteiger charge is -2.21. The van der Waals surface area contributed by atoms with E-state index >= 15 is 0 Å². The first kappa shape index (κ1) is 16.1. The molecule has 1 heterocycles. The maximum absolute atomic E-state index is 12.4. The van der Waals surface area contributed by atoms with Crippen LogP contribution in [0.3, 0.4) is 0 Å². The summed E-state index contributed by atoms with van der Waals surface area (Å²) in [5, 5.41) is 0. The van der Waals surface area contributed by atoms with E-state index < -0.39 is 0 Å². The lowest BCUT2D eigenvalue weighted by molar-refractivity contribution is 0.0780. The minimum Gasteiger partial charge on any atom is -0.488 e. The molecule has 5 nitrogen and oxygen atoms in total. The summed E-state index contributed by atoms with van der Waals surface area (Å²) in [7, 11) is 3.69. The SMILES string of the molecule is CN(Cc1nccn1C)C(=O)c1ccc(OC(C)(C)C)cc1. The van der Waals surface area contributed by atoms with Crippen molar-refractivity contribution in [3.8, 4) is 5.75 Å². The van der Waals surface area contributed by atoms with E-state index in [-0.39, 0.29) is 11.5 Å². The number of imidazole rings is 1. The zero-order valence-electron chi connectivity index (χ0n) is 13.8. The first-order chi connectivity index (χ1) is 10.3. The van der Waals surface area contributed by atoms with Crippen LogP contribution in [0.4, 0.5) is 0 Å². The van der Waals surface area contributed by atoms with Crippen molar-refractivity contribution in [1.82, 2.24) is 14.5 Å². The Bertz CT molecular complexity index is 639. The highest BCUT2D eigenvalue weighted by Crippen LogP contribution is 2.19. The van der Waals surface area contributed by atoms with Gasteiger partial charge in [-0.3, -0.25) is 4.79 Å². The van der Waals surface area contributed by atoms with Crippen LogP contribution in [0, 0.1) is 0 Å². The van der Waals surface area contributed by atoms with E-state index in [1.165, 1.54) is 0 Å². The number of carbonyl (C=O) groups excluding carboxylic acids is 1. The van der Waals surface area contributed by atoms with Crippen LogP contribution in [0.1, 0.15) is 37.0 Å². The monoisotopic (exact) mass is 301 g/mol. The van der Waals surface area contributed by atoms with Gasteiger partial charge >= 0.3 is 0 Å². The summed E-state index contributed by atoms with van der Waals surface area (Å²) in [6.07, 6.45) is 3.60. The maximum Gasteiger partial charge on any atom is 0.254 e. The average Bonchev–Trinajstić information content (AvgIpc) is 2.82. The molecule has 0 saturated carbocycles. The Morgan fingerprint density at radius 2 is 1.91 bits per heavy atom. The van der Waals surface area contributed by atoms with Crippen LogP contribution < -0.4 is 4.74 Å². The maximum atomic E-state index is 12.4. The smallest absolute Gasteiger partial charge is 0.254 e. The van der Waals surface area contributed by atoms with Gasteiger partial charge in [0.15, 0.2) is 0 Å². The summed E-state index contributed by atoms with van der Waals surface area (Å²) < 4.78 is 7.67. The van der Waals surface area contributed by atoms with Gasteiger partial charge in [0.1, 0.15) is 17.2 Å². The second kappa shape index (κ2) is 6.22. The van der Waals surface area contributed by atoms with E-state index in [0.717, 1.165) is 11.6 Å². The standard InChI is InChI=1S/C17H23N3O2/c1-17(2,3)22-14-8-6-13(7-9-14)16(21)20(5)12-15-18-10-11-19(15)4/h6-11H,12H2,1-5H3. The predicted molar refractivity (Wildman–Crippen MR) is 85.8 cm³/mol. The van der Waals surface area contributed by atoms with Crippen LogP contribution in [0.5, 0.6) is 5.75 Å². The molecule has 0 aliphatic heterocycles. The summed E-state index contributed by atoms with van der Waals surface area (Å²) in [6.45, 7) is 6.45. The Kier molecular flexibility index (Phi) is 4.54. The molecule has 22 heavy (non-hydrogen) atoms. The Hall–Kier alpha value is -2.30. The van der Waals surface area contributed by atoms with Gasteiger partial charge in [0.05, 0.1) is 6.54 Å². The molecule has 0 bridgehead atoms. The fourth-order valence-corrected chi connectivity index (χ4v) is 2.07. The molecular formula is C17H23N3O2. The van der Waals surface area contributed by atoms with Gasteiger partial charge in [-0.05, 0) is 45.0 Å². The molecule has 118 valence electrons. The third kappa shape index (κ3) is 4.10. The number of nitrogens with zero attached hydrogens (tertiary/aromatic N) is 3. The normalized spacial score (nSPS) is 11.3. The van der Waals surface area contributed by atoms with Gasteiger partial charge in [-0.2, -0.15) is 0 Å². The molecule has 0 radical (unpaired) electrons. The van der Waals surface area contributed by atoms with Gasteiger partial charge < -0.3 is 14.2 Å². The van der Waals surface area contributed by atoms with Crippen molar-refractivity contribution in [2.45, 2.75) is 32.9 Å². The molecule has 0 atom stereocenters. The van der Waals surface area contributed by atoms with Gasteiger partial charge in [-0.1, -0.05) is 0 Å². The summed E-state index contributed by atoms with van der Waals surface area (Å²) in [6, 6.07) is 7.23. The van der Waals surface area contributed by atoms with E-state index in [1.54, 1.807) is 30.3 Å². The topological polar surface area (TPSA) is 47.4 Å². The number of rotatable bonds is 4. The number of benzene rings is 1. The first-order valence-electron chi connectivity index (χ1n) is 7.27. The first-order valence-corrected chi connectivity index (χ1v) is 7.27. The molecule has 0 spiro atoms. The molecule has 0 N–H and O–H groups in total. The van der Waals surface area contributed by atoms with Crippen molar-refractivity contribution < 1.29 is 9.53 Å². The second-order valence-corrected chi connectivity index (χ2v) is 6.35. The Morgan fingerprint density at radius 3 is 2.41 bits per heavy atom. The highest BCUT2D eigenvalue weighted by molar-refractivity contribution is 5.94. The van der Waals surface area contributed by atoms with E-state index in [1.807, 2.05) is 50.7 Å². The Morgan fingerprint density at radius 1 is 1.27 bits per heavy atom. The summed E-state index contributed by atoms with van der Waals surface area (Å²) in [4.78, 5) is 18.3. The number of carbonyl (C=O) groups is 1. The van der Waals surface area contributed by atoms with Crippen LogP contribution in [-0.4, -0.2) is 33.0 Å². The molecule has 0 unspecified atom stereocenters. The van der Waals surface area contributed by atoms with Crippen molar-refractivity contribution >= 4 is 5.91 Å². The molecule has 1 amide bonds. The van der Waals surface area contributed by atoms with Gasteiger partial charge in [-0.25, -0.2) is 4.98 Å². The zero-order valence-corrected chi connectivity index (χ0v) is 13.8. The lowest BCUT2D eigenvalue weighted by atomic mass is 10.1. The van der Waals surface area contributed by atoms with E-state index in [9.17, 15) is 4.79 Å². The number of hydrogen-bond acceptors (Lipinski definition) is 3. The summed E-state index contributed by atoms with van der Waals surface area (Å²) in [5.41, 5.74) is 0.388. The fraction of sp³-hybridized carbons (Fsp3) is 0.412. The van der Waals surface area contributed by atoms with Crippen molar-refractivity contribution in [1.29, 1.82) is 0 Å². The molecular weight excluding hydrogens is 278 g/mol. The minimum absolute atomic E-state index is 0.0368. The summed E-state index contributed by atoms with van der Waals surface area (Å²) >= 11 is 0. The number of hydrogen-bond donors (Lipinski definition) is 0. The Balaban J connectivity index is 2.04. The van der Waals surface area contributed by atoms with E-state index in [2.05, 4.69) is 4.98 Å². The molecule has 0 fully saturated rings. The van der Waals surface area contributed by atoms with E-state index in [4.69, 9.17) is 4.74 Å². The molecule has 0 saturated heterocycles. The molecule has 0 aliphatic rings. The zero-order chi connectivity index (χ0) is 16.3. The summed E-state index contributed by atoms with van der Waals surface area (Å²) in [5.74, 6) is 1.57. The number of aromatic nitrogens is 2. The third-order valence-electron chi connectivity index (χ3n) is 3.17. The van der Waals surface area contributed by atoms with Gasteiger partial charge in [-0.15, -0.1) is 0 Å². The molecule has 0 aliphatic carbocycles.